The van der Waals surface area contributed by atoms with Crippen LogP contribution in [0, 0.1) is 3.57 Å². The summed E-state index contributed by atoms with van der Waals surface area (Å²) in [5.41, 5.74) is 11.0. The van der Waals surface area contributed by atoms with Gasteiger partial charge in [0.1, 0.15) is 11.2 Å². The smallest absolute Gasteiger partial charge is 0.139 e. The highest BCUT2D eigenvalue weighted by atomic mass is 127. The van der Waals surface area contributed by atoms with Crippen molar-refractivity contribution in [3.63, 3.8) is 0 Å². The number of hydrogen-bond acceptors (Lipinski definition) is 1. The van der Waals surface area contributed by atoms with E-state index in [1.807, 2.05) is 0 Å². The third-order valence-corrected chi connectivity index (χ3v) is 7.50. The second-order valence-electron chi connectivity index (χ2n) is 8.65. The Bertz CT molecular complexity index is 1680. The van der Waals surface area contributed by atoms with Crippen molar-refractivity contribution in [3.8, 4) is 22.3 Å². The maximum Gasteiger partial charge on any atom is 0.139 e. The predicted octanol–water partition coefficient (Wildman–Crippen LogP) is 9.02. The van der Waals surface area contributed by atoms with Crippen LogP contribution in [0.2, 0.25) is 0 Å². The van der Waals surface area contributed by atoms with Crippen molar-refractivity contribution in [2.24, 2.45) is 0 Å². The third kappa shape index (κ3) is 2.90. The lowest BCUT2D eigenvalue weighted by Gasteiger charge is -2.14. The fourth-order valence-corrected chi connectivity index (χ4v) is 5.86. The van der Waals surface area contributed by atoms with E-state index in [2.05, 4.69) is 132 Å². The molecule has 1 nitrogen and oxygen atoms in total. The Balaban J connectivity index is 1.48. The van der Waals surface area contributed by atoms with Gasteiger partial charge in [-0.3, -0.25) is 0 Å². The quantitative estimate of drug-likeness (QED) is 0.202. The van der Waals surface area contributed by atoms with E-state index in [0.717, 1.165) is 11.2 Å². The normalized spacial score (nSPS) is 14.5. The molecule has 1 heterocycles. The van der Waals surface area contributed by atoms with Gasteiger partial charge in [0.25, 0.3) is 0 Å². The fraction of sp³-hybridized carbons (Fsp3) is 0.0323. The van der Waals surface area contributed by atoms with E-state index < -0.39 is 0 Å². The number of furan rings is 1. The van der Waals surface area contributed by atoms with Crippen LogP contribution in [0.3, 0.4) is 0 Å². The van der Waals surface area contributed by atoms with E-state index in [9.17, 15) is 0 Å². The first-order valence-corrected chi connectivity index (χ1v) is 12.3. The number of fused-ring (bicyclic) bond motifs is 6. The summed E-state index contributed by atoms with van der Waals surface area (Å²) in [7, 11) is 0. The Hall–Kier alpha value is -3.37. The average molecular weight is 534 g/mol. The summed E-state index contributed by atoms with van der Waals surface area (Å²) in [5, 5.41) is 2.35. The molecule has 1 aliphatic carbocycles. The maximum absolute atomic E-state index is 6.54. The summed E-state index contributed by atoms with van der Waals surface area (Å²) < 4.78 is 7.80. The molecule has 0 N–H and O–H groups in total. The molecule has 0 aliphatic heterocycles. The van der Waals surface area contributed by atoms with Crippen LogP contribution >= 0.6 is 22.6 Å². The molecule has 1 atom stereocenters. The van der Waals surface area contributed by atoms with Crippen molar-refractivity contribution in [1.29, 1.82) is 0 Å². The summed E-state index contributed by atoms with van der Waals surface area (Å²) >= 11 is 2.41. The van der Waals surface area contributed by atoms with Crippen molar-refractivity contribution in [3.05, 3.63) is 129 Å². The summed E-state index contributed by atoms with van der Waals surface area (Å²) in [6.07, 6.45) is 0. The molecule has 0 spiro atoms. The highest BCUT2D eigenvalue weighted by molar-refractivity contribution is 14.1. The van der Waals surface area contributed by atoms with Crippen LogP contribution < -0.4 is 0 Å². The van der Waals surface area contributed by atoms with Crippen LogP contribution in [0.15, 0.2) is 114 Å². The van der Waals surface area contributed by atoms with Gasteiger partial charge >= 0.3 is 0 Å². The molecule has 6 aromatic rings. The standard InChI is InChI=1S/C31H19IO/c32-21-14-15-24-27(18-21)22-9-4-5-10-23(22)30(24)26-12-6-11-25-28-17-20(19-7-2-1-3-8-19)13-16-29(28)33-31(25)26/h1-18,30H. The number of halogens is 1. The molecule has 1 aromatic heterocycles. The first-order valence-electron chi connectivity index (χ1n) is 11.2. The second kappa shape index (κ2) is 7.32. The zero-order valence-corrected chi connectivity index (χ0v) is 19.9. The van der Waals surface area contributed by atoms with Crippen LogP contribution in [-0.4, -0.2) is 0 Å². The van der Waals surface area contributed by atoms with Crippen molar-refractivity contribution in [1.82, 2.24) is 0 Å². The van der Waals surface area contributed by atoms with Crippen LogP contribution in [0.5, 0.6) is 0 Å². The van der Waals surface area contributed by atoms with Crippen molar-refractivity contribution >= 4 is 44.5 Å². The Morgan fingerprint density at radius 1 is 0.545 bits per heavy atom. The van der Waals surface area contributed by atoms with Gasteiger partial charge in [-0.1, -0.05) is 84.9 Å². The molecular formula is C31H19IO. The minimum atomic E-state index is 0.172. The summed E-state index contributed by atoms with van der Waals surface area (Å²) in [5.74, 6) is 0.172. The van der Waals surface area contributed by atoms with E-state index in [0.29, 0.717) is 0 Å². The molecule has 0 fully saturated rings. The van der Waals surface area contributed by atoms with Gasteiger partial charge in [-0.2, -0.15) is 0 Å². The summed E-state index contributed by atoms with van der Waals surface area (Å²) in [6.45, 7) is 0. The van der Waals surface area contributed by atoms with Gasteiger partial charge in [-0.15, -0.1) is 0 Å². The number of hydrogen-bond donors (Lipinski definition) is 0. The topological polar surface area (TPSA) is 13.1 Å². The molecular weight excluding hydrogens is 515 g/mol. The van der Waals surface area contributed by atoms with Gasteiger partial charge in [-0.25, -0.2) is 0 Å². The molecule has 5 aromatic carbocycles. The zero-order chi connectivity index (χ0) is 21.9. The van der Waals surface area contributed by atoms with E-state index in [1.165, 1.54) is 53.3 Å². The molecule has 7 rings (SSSR count). The van der Waals surface area contributed by atoms with Gasteiger partial charge in [0.15, 0.2) is 0 Å². The largest absolute Gasteiger partial charge is 0.456 e. The highest BCUT2D eigenvalue weighted by Crippen LogP contribution is 2.50. The molecule has 0 saturated carbocycles. The third-order valence-electron chi connectivity index (χ3n) is 6.83. The Morgan fingerprint density at radius 3 is 2.24 bits per heavy atom. The van der Waals surface area contributed by atoms with Gasteiger partial charge in [0.05, 0.1) is 0 Å². The second-order valence-corrected chi connectivity index (χ2v) is 9.90. The lowest BCUT2D eigenvalue weighted by atomic mass is 9.88. The van der Waals surface area contributed by atoms with E-state index in [4.69, 9.17) is 4.42 Å². The SMILES string of the molecule is Ic1ccc2c(c1)-c1ccccc1C2c1cccc2c1oc1ccc(-c3ccccc3)cc12. The summed E-state index contributed by atoms with van der Waals surface area (Å²) in [6, 6.07) is 39.3. The van der Waals surface area contributed by atoms with E-state index >= 15 is 0 Å². The maximum atomic E-state index is 6.54. The van der Waals surface area contributed by atoms with Crippen molar-refractivity contribution < 1.29 is 4.42 Å². The fourth-order valence-electron chi connectivity index (χ4n) is 5.37. The van der Waals surface area contributed by atoms with E-state index in [-0.39, 0.29) is 5.92 Å². The minimum absolute atomic E-state index is 0.172. The zero-order valence-electron chi connectivity index (χ0n) is 17.8. The number of para-hydroxylation sites is 1. The summed E-state index contributed by atoms with van der Waals surface area (Å²) in [4.78, 5) is 0. The lowest BCUT2D eigenvalue weighted by Crippen LogP contribution is -1.99. The molecule has 156 valence electrons. The van der Waals surface area contributed by atoms with Crippen molar-refractivity contribution in [2.75, 3.05) is 0 Å². The molecule has 0 saturated heterocycles. The monoisotopic (exact) mass is 534 g/mol. The molecule has 0 radical (unpaired) electrons. The minimum Gasteiger partial charge on any atom is -0.456 e. The first-order chi connectivity index (χ1) is 16.3. The Morgan fingerprint density at radius 2 is 1.33 bits per heavy atom. The highest BCUT2D eigenvalue weighted by Gasteiger charge is 2.31. The average Bonchev–Trinajstić information content (AvgIpc) is 3.40. The predicted molar refractivity (Wildman–Crippen MR) is 145 cm³/mol. The Labute approximate surface area is 205 Å². The van der Waals surface area contributed by atoms with Crippen LogP contribution in [0.25, 0.3) is 44.2 Å². The molecule has 33 heavy (non-hydrogen) atoms. The van der Waals surface area contributed by atoms with Crippen LogP contribution in [0.1, 0.15) is 22.6 Å². The van der Waals surface area contributed by atoms with Crippen LogP contribution in [0.4, 0.5) is 0 Å². The number of benzene rings is 5. The first kappa shape index (κ1) is 19.1. The molecule has 2 heteroatoms. The molecule has 1 aliphatic rings. The van der Waals surface area contributed by atoms with E-state index in [1.54, 1.807) is 0 Å². The number of rotatable bonds is 2. The van der Waals surface area contributed by atoms with Crippen molar-refractivity contribution in [2.45, 2.75) is 5.92 Å². The van der Waals surface area contributed by atoms with Gasteiger partial charge in [0, 0.05) is 25.8 Å². The molecule has 0 amide bonds. The van der Waals surface area contributed by atoms with Crippen LogP contribution in [-0.2, 0) is 0 Å². The molecule has 0 bridgehead atoms. The van der Waals surface area contributed by atoms with Gasteiger partial charge in [-0.05, 0) is 80.2 Å². The van der Waals surface area contributed by atoms with Gasteiger partial charge < -0.3 is 4.42 Å². The molecule has 1 unspecified atom stereocenters. The van der Waals surface area contributed by atoms with Gasteiger partial charge in [0.2, 0.25) is 0 Å². The Kier molecular flexibility index (Phi) is 4.25. The lowest BCUT2D eigenvalue weighted by molar-refractivity contribution is 0.661.